The summed E-state index contributed by atoms with van der Waals surface area (Å²) in [5.74, 6) is 1.74. The quantitative estimate of drug-likeness (QED) is 0.231. The molecule has 6 aromatic rings. The Balaban J connectivity index is 0.000000170. The minimum atomic E-state index is 0.608. The zero-order valence-corrected chi connectivity index (χ0v) is 22.1. The lowest BCUT2D eigenvalue weighted by Crippen LogP contribution is -2.06. The summed E-state index contributed by atoms with van der Waals surface area (Å²) in [6, 6.07) is 17.7. The van der Waals surface area contributed by atoms with E-state index in [1.807, 2.05) is 88.5 Å². The Morgan fingerprint density at radius 2 is 1.29 bits per heavy atom. The standard InChI is InChI=1S/C17H15N5O.C11H11BrN2O/c1-3-16(23-10-9-21-8-7-18-13-21)4-2-14(1)15-11-19-17-5-6-20-22(17)12-15;12-10-1-3-11(4-2-10)15-8-7-14-6-5-13-9-14/h1-8,11-13H,9-10H2;1-6,9H,7-8H2. The normalized spacial score (nSPS) is 10.7. The molecule has 0 unspecified atom stereocenters. The third kappa shape index (κ3) is 7.07. The second-order valence-electron chi connectivity index (χ2n) is 8.25. The number of ether oxygens (including phenoxy) is 2. The Hall–Kier alpha value is -4.44. The Bertz CT molecular complexity index is 1510. The third-order valence-corrected chi connectivity index (χ3v) is 6.13. The molecule has 38 heavy (non-hydrogen) atoms. The van der Waals surface area contributed by atoms with Crippen LogP contribution >= 0.6 is 15.9 Å². The predicted octanol–water partition coefficient (Wildman–Crippen LogP) is 5.40. The molecule has 4 aromatic heterocycles. The van der Waals surface area contributed by atoms with Crippen molar-refractivity contribution < 1.29 is 9.47 Å². The number of imidazole rings is 2. The first-order valence-electron chi connectivity index (χ1n) is 12.1. The summed E-state index contributed by atoms with van der Waals surface area (Å²) < 4.78 is 18.1. The Kier molecular flexibility index (Phi) is 8.42. The summed E-state index contributed by atoms with van der Waals surface area (Å²) in [4.78, 5) is 12.3. The van der Waals surface area contributed by atoms with Crippen LogP contribution in [0.2, 0.25) is 0 Å². The SMILES string of the molecule is Brc1ccc(OCCn2ccnc2)cc1.c1cn(CCOc2ccc(-c3cnc4ccnn4c3)cc2)cn1. The van der Waals surface area contributed by atoms with E-state index in [4.69, 9.17) is 9.47 Å². The molecule has 0 N–H and O–H groups in total. The van der Waals surface area contributed by atoms with Gasteiger partial charge in [-0.3, -0.25) is 0 Å². The van der Waals surface area contributed by atoms with Gasteiger partial charge in [-0.05, 0) is 42.0 Å². The molecule has 9 nitrogen and oxygen atoms in total. The monoisotopic (exact) mass is 571 g/mol. The van der Waals surface area contributed by atoms with E-state index in [1.165, 1.54) is 0 Å². The summed E-state index contributed by atoms with van der Waals surface area (Å²) in [6.07, 6.45) is 16.5. The Morgan fingerprint density at radius 1 is 0.684 bits per heavy atom. The second-order valence-corrected chi connectivity index (χ2v) is 9.17. The zero-order valence-electron chi connectivity index (χ0n) is 20.5. The maximum Gasteiger partial charge on any atom is 0.154 e. The van der Waals surface area contributed by atoms with Crippen LogP contribution in [-0.2, 0) is 13.1 Å². The molecule has 0 saturated heterocycles. The highest BCUT2D eigenvalue weighted by Crippen LogP contribution is 2.22. The van der Waals surface area contributed by atoms with Crippen LogP contribution in [0.5, 0.6) is 11.5 Å². The van der Waals surface area contributed by atoms with Gasteiger partial charge in [-0.2, -0.15) is 5.10 Å². The lowest BCUT2D eigenvalue weighted by molar-refractivity contribution is 0.298. The topological polar surface area (TPSA) is 84.3 Å². The van der Waals surface area contributed by atoms with E-state index in [9.17, 15) is 0 Å². The van der Waals surface area contributed by atoms with Crippen molar-refractivity contribution in [3.63, 3.8) is 0 Å². The molecular weight excluding hydrogens is 546 g/mol. The number of fused-ring (bicyclic) bond motifs is 1. The maximum atomic E-state index is 5.75. The van der Waals surface area contributed by atoms with E-state index in [-0.39, 0.29) is 0 Å². The lowest BCUT2D eigenvalue weighted by Gasteiger charge is -2.08. The first kappa shape index (κ1) is 25.2. The van der Waals surface area contributed by atoms with Gasteiger partial charge >= 0.3 is 0 Å². The van der Waals surface area contributed by atoms with Gasteiger partial charge in [0.2, 0.25) is 0 Å². The molecule has 0 spiro atoms. The first-order valence-corrected chi connectivity index (χ1v) is 12.8. The van der Waals surface area contributed by atoms with Crippen LogP contribution in [0.4, 0.5) is 0 Å². The van der Waals surface area contributed by atoms with Crippen LogP contribution in [0.3, 0.4) is 0 Å². The van der Waals surface area contributed by atoms with E-state index in [2.05, 4.69) is 36.0 Å². The highest BCUT2D eigenvalue weighted by atomic mass is 79.9. The molecule has 0 atom stereocenters. The molecule has 0 bridgehead atoms. The van der Waals surface area contributed by atoms with Crippen molar-refractivity contribution in [3.05, 3.63) is 115 Å². The number of hydrogen-bond donors (Lipinski definition) is 0. The molecule has 0 amide bonds. The van der Waals surface area contributed by atoms with E-state index in [0.29, 0.717) is 13.2 Å². The van der Waals surface area contributed by atoms with Crippen LogP contribution in [-0.4, -0.2) is 46.9 Å². The van der Waals surface area contributed by atoms with Crippen molar-refractivity contribution in [2.45, 2.75) is 13.1 Å². The van der Waals surface area contributed by atoms with Gasteiger partial charge in [0.15, 0.2) is 5.65 Å². The number of benzene rings is 2. The van der Waals surface area contributed by atoms with Crippen LogP contribution < -0.4 is 9.47 Å². The third-order valence-electron chi connectivity index (χ3n) is 5.60. The van der Waals surface area contributed by atoms with Gasteiger partial charge in [-0.15, -0.1) is 0 Å². The fourth-order valence-corrected chi connectivity index (χ4v) is 3.87. The average Bonchev–Trinajstić information content (AvgIpc) is 3.74. The molecule has 192 valence electrons. The molecule has 0 radical (unpaired) electrons. The Labute approximate surface area is 228 Å². The van der Waals surface area contributed by atoms with Crippen LogP contribution in [0.25, 0.3) is 16.8 Å². The van der Waals surface area contributed by atoms with Crippen molar-refractivity contribution in [2.75, 3.05) is 13.2 Å². The molecule has 4 heterocycles. The molecule has 0 fully saturated rings. The lowest BCUT2D eigenvalue weighted by atomic mass is 10.1. The summed E-state index contributed by atoms with van der Waals surface area (Å²) in [7, 11) is 0. The van der Waals surface area contributed by atoms with Gasteiger partial charge in [-0.25, -0.2) is 19.5 Å². The summed E-state index contributed by atoms with van der Waals surface area (Å²) in [5.41, 5.74) is 2.94. The second kappa shape index (κ2) is 12.7. The number of aromatic nitrogens is 7. The fraction of sp³-hybridized carbons (Fsp3) is 0.143. The van der Waals surface area contributed by atoms with E-state index < -0.39 is 0 Å². The van der Waals surface area contributed by atoms with E-state index in [1.54, 1.807) is 35.8 Å². The highest BCUT2D eigenvalue weighted by molar-refractivity contribution is 9.10. The zero-order chi connectivity index (χ0) is 26.0. The smallest absolute Gasteiger partial charge is 0.154 e. The van der Waals surface area contributed by atoms with Crippen molar-refractivity contribution in [2.24, 2.45) is 0 Å². The van der Waals surface area contributed by atoms with Crippen LogP contribution in [0, 0.1) is 0 Å². The van der Waals surface area contributed by atoms with E-state index >= 15 is 0 Å². The summed E-state index contributed by atoms with van der Waals surface area (Å²) in [6.45, 7) is 2.85. The molecule has 10 heteroatoms. The molecular formula is C28H26BrN7O2. The molecule has 0 aliphatic heterocycles. The molecule has 0 aliphatic carbocycles. The minimum Gasteiger partial charge on any atom is -0.492 e. The fourth-order valence-electron chi connectivity index (χ4n) is 3.61. The van der Waals surface area contributed by atoms with Gasteiger partial charge in [0.25, 0.3) is 0 Å². The Morgan fingerprint density at radius 3 is 1.87 bits per heavy atom. The van der Waals surface area contributed by atoms with Crippen LogP contribution in [0.15, 0.2) is 115 Å². The summed E-state index contributed by atoms with van der Waals surface area (Å²) in [5, 5.41) is 4.21. The van der Waals surface area contributed by atoms with Crippen LogP contribution in [0.1, 0.15) is 0 Å². The number of hydrogen-bond acceptors (Lipinski definition) is 6. The van der Waals surface area contributed by atoms with Gasteiger partial charge in [0.1, 0.15) is 24.7 Å². The van der Waals surface area contributed by atoms with Gasteiger partial charge in [0, 0.05) is 53.3 Å². The number of rotatable bonds is 9. The average molecular weight is 572 g/mol. The molecule has 6 rings (SSSR count). The van der Waals surface area contributed by atoms with Gasteiger partial charge in [-0.1, -0.05) is 28.1 Å². The van der Waals surface area contributed by atoms with Gasteiger partial charge < -0.3 is 18.6 Å². The minimum absolute atomic E-state index is 0.608. The molecule has 0 saturated carbocycles. The van der Waals surface area contributed by atoms with Gasteiger partial charge in [0.05, 0.1) is 31.9 Å². The first-order chi connectivity index (χ1) is 18.7. The largest absolute Gasteiger partial charge is 0.492 e. The number of nitrogens with zero attached hydrogens (tertiary/aromatic N) is 7. The number of halogens is 1. The van der Waals surface area contributed by atoms with E-state index in [0.717, 1.165) is 45.8 Å². The van der Waals surface area contributed by atoms with Crippen molar-refractivity contribution in [3.8, 4) is 22.6 Å². The predicted molar refractivity (Wildman–Crippen MR) is 148 cm³/mol. The highest BCUT2D eigenvalue weighted by Gasteiger charge is 2.02. The van der Waals surface area contributed by atoms with Crippen molar-refractivity contribution in [1.82, 2.24) is 33.7 Å². The van der Waals surface area contributed by atoms with Crippen molar-refractivity contribution in [1.29, 1.82) is 0 Å². The molecule has 2 aromatic carbocycles. The summed E-state index contributed by atoms with van der Waals surface area (Å²) >= 11 is 3.38. The maximum absolute atomic E-state index is 5.75. The molecule has 0 aliphatic rings. The van der Waals surface area contributed by atoms with Crippen molar-refractivity contribution >= 4 is 21.6 Å².